The van der Waals surface area contributed by atoms with Gasteiger partial charge in [-0.25, -0.2) is 4.85 Å². The summed E-state index contributed by atoms with van der Waals surface area (Å²) in [5.74, 6) is 0. The van der Waals surface area contributed by atoms with Crippen LogP contribution in [0.5, 0.6) is 0 Å². The van der Waals surface area contributed by atoms with Crippen LogP contribution in [0.4, 0.5) is 5.69 Å². The fourth-order valence-electron chi connectivity index (χ4n) is 8.29. The first-order valence-corrected chi connectivity index (χ1v) is 16.6. The van der Waals surface area contributed by atoms with Gasteiger partial charge in [-0.05, 0) is 48.9 Å². The number of hydrogen-bond acceptors (Lipinski definition) is 1. The summed E-state index contributed by atoms with van der Waals surface area (Å²) in [5, 5.41) is 18.0. The number of nitrogens with zero attached hydrogens (tertiary/aromatic N) is 5. The van der Waals surface area contributed by atoms with E-state index in [1.165, 1.54) is 0 Å². The zero-order chi connectivity index (χ0) is 33.5. The minimum Gasteiger partial charge on any atom is -0.319 e. The number of para-hydroxylation sites is 6. The van der Waals surface area contributed by atoms with Crippen molar-refractivity contribution in [3.05, 3.63) is 168 Å². The highest BCUT2D eigenvalue weighted by atomic mass is 15.1. The monoisotopic (exact) mass is 637 g/mol. The van der Waals surface area contributed by atoms with E-state index >= 15 is 0 Å². The third-order valence-corrected chi connectivity index (χ3v) is 10.3. The van der Waals surface area contributed by atoms with Crippen LogP contribution in [0, 0.1) is 24.8 Å². The molecular weight excluding hydrogens is 611 g/mol. The summed E-state index contributed by atoms with van der Waals surface area (Å²) in [6.07, 6.45) is 0. The molecule has 0 aliphatic carbocycles. The Morgan fingerprint density at radius 2 is 0.720 bits per heavy atom. The van der Waals surface area contributed by atoms with E-state index in [1.54, 1.807) is 0 Å². The number of nitriles is 1. The maximum atomic E-state index is 11.4. The van der Waals surface area contributed by atoms with E-state index in [0.29, 0.717) is 16.9 Å². The van der Waals surface area contributed by atoms with Crippen LogP contribution in [0.2, 0.25) is 0 Å². The zero-order valence-corrected chi connectivity index (χ0v) is 27.1. The molecule has 3 aromatic heterocycles. The molecule has 0 aliphatic heterocycles. The second kappa shape index (κ2) is 10.5. The molecule has 5 heteroatoms. The second-order valence-corrected chi connectivity index (χ2v) is 12.7. The molecule has 10 aromatic rings. The molecule has 0 bridgehead atoms. The van der Waals surface area contributed by atoms with Crippen LogP contribution in [0.1, 0.15) is 11.1 Å². The van der Waals surface area contributed by atoms with E-state index in [1.807, 2.05) is 36.4 Å². The molecule has 50 heavy (non-hydrogen) atoms. The number of fused-ring (bicyclic) bond motifs is 9. The second-order valence-electron chi connectivity index (χ2n) is 12.7. The fraction of sp³-hybridized carbons (Fsp3) is 0.0222. The predicted molar refractivity (Wildman–Crippen MR) is 205 cm³/mol. The van der Waals surface area contributed by atoms with Crippen LogP contribution in [-0.2, 0) is 0 Å². The standard InChI is InChI=1S/C45H27N5/c1-28-43(48-36-21-9-3-15-29(36)30-16-4-10-22-37(30)48)35(27-46)45(50-40-25-13-7-19-33(40)34-20-8-14-26-41(34)50)42(47-2)44(28)49-38-23-11-5-17-31(38)32-18-6-12-24-39(32)49/h3-26H,1H3. The summed E-state index contributed by atoms with van der Waals surface area (Å²) in [7, 11) is 0. The Morgan fingerprint density at radius 1 is 0.440 bits per heavy atom. The van der Waals surface area contributed by atoms with Crippen LogP contribution in [0.25, 0.3) is 87.3 Å². The highest BCUT2D eigenvalue weighted by Crippen LogP contribution is 2.48. The van der Waals surface area contributed by atoms with Crippen LogP contribution >= 0.6 is 0 Å². The molecule has 0 amide bonds. The number of rotatable bonds is 3. The third kappa shape index (κ3) is 3.58. The lowest BCUT2D eigenvalue weighted by Gasteiger charge is -2.24. The maximum Gasteiger partial charge on any atom is 0.235 e. The van der Waals surface area contributed by atoms with Gasteiger partial charge < -0.3 is 13.7 Å². The number of benzene rings is 7. The van der Waals surface area contributed by atoms with Gasteiger partial charge in [-0.1, -0.05) is 109 Å². The van der Waals surface area contributed by atoms with Crippen molar-refractivity contribution in [3.8, 4) is 23.1 Å². The smallest absolute Gasteiger partial charge is 0.235 e. The summed E-state index contributed by atoms with van der Waals surface area (Å²) >= 11 is 0. The molecule has 5 nitrogen and oxygen atoms in total. The zero-order valence-electron chi connectivity index (χ0n) is 27.1. The van der Waals surface area contributed by atoms with Gasteiger partial charge in [0.05, 0.1) is 62.3 Å². The molecule has 7 aromatic carbocycles. The molecule has 0 saturated carbocycles. The molecule has 0 spiro atoms. The fourth-order valence-corrected chi connectivity index (χ4v) is 8.29. The van der Waals surface area contributed by atoms with Crippen molar-refractivity contribution in [2.24, 2.45) is 0 Å². The SMILES string of the molecule is [C-]#[N+]c1c(-n2c3ccccc3c3ccccc32)c(C)c(-n2c3ccccc3c3ccccc32)c(C#N)c1-n1c2ccccc2c2ccccc21. The van der Waals surface area contributed by atoms with Crippen molar-refractivity contribution in [3.63, 3.8) is 0 Å². The van der Waals surface area contributed by atoms with E-state index in [2.05, 4.69) is 141 Å². The van der Waals surface area contributed by atoms with Gasteiger partial charge in [-0.3, -0.25) is 0 Å². The average Bonchev–Trinajstić information content (AvgIpc) is 3.80. The van der Waals surface area contributed by atoms with Gasteiger partial charge in [0, 0.05) is 32.3 Å². The van der Waals surface area contributed by atoms with Crippen LogP contribution in [0.3, 0.4) is 0 Å². The van der Waals surface area contributed by atoms with E-state index in [-0.39, 0.29) is 0 Å². The van der Waals surface area contributed by atoms with Crippen LogP contribution < -0.4 is 0 Å². The van der Waals surface area contributed by atoms with Crippen molar-refractivity contribution < 1.29 is 0 Å². The van der Waals surface area contributed by atoms with E-state index < -0.39 is 0 Å². The Labute approximate surface area is 287 Å². The Balaban J connectivity index is 1.51. The lowest BCUT2D eigenvalue weighted by atomic mass is 9.99. The van der Waals surface area contributed by atoms with Crippen molar-refractivity contribution >= 4 is 71.1 Å². The summed E-state index contributed by atoms with van der Waals surface area (Å²) in [5.41, 5.74) is 9.78. The highest BCUT2D eigenvalue weighted by Gasteiger charge is 2.30. The Kier molecular flexibility index (Phi) is 5.85. The molecule has 0 fully saturated rings. The lowest BCUT2D eigenvalue weighted by Crippen LogP contribution is -2.11. The summed E-state index contributed by atoms with van der Waals surface area (Å²) < 4.78 is 6.62. The van der Waals surface area contributed by atoms with Gasteiger partial charge in [0.1, 0.15) is 6.07 Å². The molecular formula is C45H27N5. The van der Waals surface area contributed by atoms with Gasteiger partial charge in [0.2, 0.25) is 5.69 Å². The van der Waals surface area contributed by atoms with E-state index in [9.17, 15) is 5.26 Å². The molecule has 0 unspecified atom stereocenters. The minimum absolute atomic E-state index is 0.432. The van der Waals surface area contributed by atoms with Gasteiger partial charge in [0.15, 0.2) is 0 Å². The molecule has 0 atom stereocenters. The van der Waals surface area contributed by atoms with Crippen molar-refractivity contribution in [2.75, 3.05) is 0 Å². The van der Waals surface area contributed by atoms with Crippen molar-refractivity contribution in [2.45, 2.75) is 6.92 Å². The average molecular weight is 638 g/mol. The number of hydrogen-bond donors (Lipinski definition) is 0. The normalized spacial score (nSPS) is 11.7. The predicted octanol–water partition coefficient (Wildman–Crippen LogP) is 11.7. The Morgan fingerprint density at radius 3 is 1.02 bits per heavy atom. The van der Waals surface area contributed by atoms with Gasteiger partial charge in [0.25, 0.3) is 0 Å². The molecule has 3 heterocycles. The molecule has 232 valence electrons. The Bertz CT molecular complexity index is 2820. The third-order valence-electron chi connectivity index (χ3n) is 10.3. The van der Waals surface area contributed by atoms with Crippen molar-refractivity contribution in [1.29, 1.82) is 5.26 Å². The maximum absolute atomic E-state index is 11.4. The summed E-state index contributed by atoms with van der Waals surface area (Å²) in [4.78, 5) is 4.37. The van der Waals surface area contributed by atoms with E-state index in [0.717, 1.165) is 82.4 Å². The van der Waals surface area contributed by atoms with Gasteiger partial charge in [-0.15, -0.1) is 0 Å². The van der Waals surface area contributed by atoms with E-state index in [4.69, 9.17) is 6.57 Å². The summed E-state index contributed by atoms with van der Waals surface area (Å²) in [6, 6.07) is 52.7. The van der Waals surface area contributed by atoms with Gasteiger partial charge >= 0.3 is 0 Å². The lowest BCUT2D eigenvalue weighted by molar-refractivity contribution is 1.06. The quantitative estimate of drug-likeness (QED) is 0.178. The first-order valence-electron chi connectivity index (χ1n) is 16.6. The number of aromatic nitrogens is 3. The first kappa shape index (κ1) is 28.0. The first-order chi connectivity index (χ1) is 24.7. The summed E-state index contributed by atoms with van der Waals surface area (Å²) in [6.45, 7) is 11.0. The highest BCUT2D eigenvalue weighted by molar-refractivity contribution is 6.14. The molecule has 0 aliphatic rings. The minimum atomic E-state index is 0.432. The topological polar surface area (TPSA) is 42.9 Å². The largest absolute Gasteiger partial charge is 0.319 e. The Hall–Kier alpha value is -7.08. The van der Waals surface area contributed by atoms with Crippen LogP contribution in [0.15, 0.2) is 146 Å². The van der Waals surface area contributed by atoms with Crippen LogP contribution in [-0.4, -0.2) is 13.7 Å². The molecule has 0 N–H and O–H groups in total. The van der Waals surface area contributed by atoms with Gasteiger partial charge in [-0.2, -0.15) is 5.26 Å². The molecule has 10 rings (SSSR count). The molecule has 0 saturated heterocycles. The molecule has 0 radical (unpaired) electrons. The van der Waals surface area contributed by atoms with Crippen molar-refractivity contribution in [1.82, 2.24) is 13.7 Å².